The van der Waals surface area contributed by atoms with Crippen LogP contribution in [-0.4, -0.2) is 38.7 Å². The van der Waals surface area contributed by atoms with Gasteiger partial charge in [0.05, 0.1) is 18.3 Å². The van der Waals surface area contributed by atoms with Crippen molar-refractivity contribution in [3.8, 4) is 17.0 Å². The number of hydrogen-bond donors (Lipinski definition) is 1. The van der Waals surface area contributed by atoms with Gasteiger partial charge in [-0.3, -0.25) is 9.89 Å². The van der Waals surface area contributed by atoms with Crippen molar-refractivity contribution in [2.45, 2.75) is 26.4 Å². The Hall–Kier alpha value is -3.02. The van der Waals surface area contributed by atoms with E-state index in [9.17, 15) is 4.79 Å². The topological polar surface area (TPSA) is 63.1 Å². The first-order valence-electron chi connectivity index (χ1n) is 8.92. The maximum absolute atomic E-state index is 13.0. The van der Waals surface area contributed by atoms with Crippen LogP contribution in [0.15, 0.2) is 48.7 Å². The van der Waals surface area contributed by atoms with Crippen LogP contribution in [0.5, 0.6) is 5.75 Å². The van der Waals surface area contributed by atoms with Crippen molar-refractivity contribution < 1.29 is 9.53 Å². The lowest BCUT2D eigenvalue weighted by molar-refractivity contribution is 0.0638. The summed E-state index contributed by atoms with van der Waals surface area (Å²) < 4.78 is 7.87. The van der Waals surface area contributed by atoms with Gasteiger partial charge in [0.2, 0.25) is 0 Å². The molecule has 1 atom stereocenters. The van der Waals surface area contributed by atoms with Crippen molar-refractivity contribution in [1.29, 1.82) is 0 Å². The lowest BCUT2D eigenvalue weighted by Crippen LogP contribution is -2.40. The number of nitrogens with zero attached hydrogens (tertiary/aromatic N) is 3. The normalized spacial score (nSPS) is 16.4. The molecule has 6 nitrogen and oxygen atoms in total. The summed E-state index contributed by atoms with van der Waals surface area (Å²) in [6.07, 6.45) is 2.06. The monoisotopic (exact) mass is 350 g/mol. The van der Waals surface area contributed by atoms with Gasteiger partial charge >= 0.3 is 0 Å². The number of ether oxygens (including phenoxy) is 1. The second-order valence-electron chi connectivity index (χ2n) is 6.40. The van der Waals surface area contributed by atoms with E-state index >= 15 is 0 Å². The molecule has 0 radical (unpaired) electrons. The highest BCUT2D eigenvalue weighted by molar-refractivity contribution is 5.94. The van der Waals surface area contributed by atoms with Gasteiger partial charge in [0, 0.05) is 30.5 Å². The first kappa shape index (κ1) is 16.4. The van der Waals surface area contributed by atoms with Crippen LogP contribution in [0.25, 0.3) is 11.3 Å². The van der Waals surface area contributed by atoms with Gasteiger partial charge in [-0.1, -0.05) is 12.1 Å². The van der Waals surface area contributed by atoms with Crippen molar-refractivity contribution >= 4 is 5.91 Å². The molecule has 0 spiro atoms. The molecule has 1 amide bonds. The smallest absolute Gasteiger partial charge is 0.272 e. The predicted octanol–water partition coefficient (Wildman–Crippen LogP) is 3.49. The van der Waals surface area contributed by atoms with E-state index in [1.54, 1.807) is 6.07 Å². The molecular formula is C20H22N4O2. The van der Waals surface area contributed by atoms with E-state index < -0.39 is 0 Å². The zero-order chi connectivity index (χ0) is 18.1. The molecule has 3 aromatic rings. The number of carbonyl (C=O) groups is 1. The molecule has 1 aliphatic rings. The van der Waals surface area contributed by atoms with E-state index in [-0.39, 0.29) is 11.9 Å². The molecule has 0 bridgehead atoms. The number of aromatic nitrogens is 3. The average Bonchev–Trinajstić information content (AvgIpc) is 3.32. The highest BCUT2D eigenvalue weighted by Crippen LogP contribution is 2.30. The predicted molar refractivity (Wildman–Crippen MR) is 99.1 cm³/mol. The number of benzene rings is 1. The largest absolute Gasteiger partial charge is 0.493 e. The summed E-state index contributed by atoms with van der Waals surface area (Å²) in [5.41, 5.74) is 3.25. The number of hydrogen-bond acceptors (Lipinski definition) is 3. The van der Waals surface area contributed by atoms with Gasteiger partial charge < -0.3 is 14.2 Å². The maximum atomic E-state index is 13.0. The second-order valence-corrected chi connectivity index (χ2v) is 6.40. The minimum Gasteiger partial charge on any atom is -0.493 e. The van der Waals surface area contributed by atoms with Gasteiger partial charge in [-0.15, -0.1) is 0 Å². The molecule has 1 aromatic carbocycles. The summed E-state index contributed by atoms with van der Waals surface area (Å²) in [5.74, 6) is 0.738. The van der Waals surface area contributed by atoms with E-state index in [2.05, 4.69) is 34.0 Å². The zero-order valence-electron chi connectivity index (χ0n) is 15.0. The number of rotatable bonds is 4. The molecule has 1 aliphatic heterocycles. The Kier molecular flexibility index (Phi) is 4.24. The van der Waals surface area contributed by atoms with E-state index in [0.29, 0.717) is 24.5 Å². The highest BCUT2D eigenvalue weighted by atomic mass is 16.5. The van der Waals surface area contributed by atoms with Gasteiger partial charge in [-0.05, 0) is 44.2 Å². The van der Waals surface area contributed by atoms with E-state index in [1.807, 2.05) is 42.2 Å². The van der Waals surface area contributed by atoms with Crippen LogP contribution >= 0.6 is 0 Å². The van der Waals surface area contributed by atoms with Crippen LogP contribution in [0.2, 0.25) is 0 Å². The van der Waals surface area contributed by atoms with Crippen LogP contribution in [0, 0.1) is 0 Å². The highest BCUT2D eigenvalue weighted by Gasteiger charge is 2.29. The Morgan fingerprint density at radius 2 is 2.12 bits per heavy atom. The lowest BCUT2D eigenvalue weighted by Gasteiger charge is -2.34. The Morgan fingerprint density at radius 1 is 1.27 bits per heavy atom. The summed E-state index contributed by atoms with van der Waals surface area (Å²) in [5, 5.41) is 7.25. The van der Waals surface area contributed by atoms with E-state index in [0.717, 1.165) is 23.6 Å². The molecule has 0 unspecified atom stereocenters. The average molecular weight is 350 g/mol. The summed E-state index contributed by atoms with van der Waals surface area (Å²) in [4.78, 5) is 14.9. The van der Waals surface area contributed by atoms with Crippen LogP contribution in [-0.2, 0) is 6.54 Å². The number of amides is 1. The molecular weight excluding hydrogens is 328 g/mol. The summed E-state index contributed by atoms with van der Waals surface area (Å²) >= 11 is 0. The fourth-order valence-corrected chi connectivity index (χ4v) is 3.54. The summed E-state index contributed by atoms with van der Waals surface area (Å²) in [7, 11) is 0. The van der Waals surface area contributed by atoms with Gasteiger partial charge in [0.1, 0.15) is 11.4 Å². The van der Waals surface area contributed by atoms with Crippen molar-refractivity contribution in [2.24, 2.45) is 0 Å². The molecule has 4 rings (SSSR count). The van der Waals surface area contributed by atoms with Crippen molar-refractivity contribution in [1.82, 2.24) is 19.7 Å². The Morgan fingerprint density at radius 3 is 2.96 bits per heavy atom. The number of fused-ring (bicyclic) bond motifs is 1. The third kappa shape index (κ3) is 2.77. The quantitative estimate of drug-likeness (QED) is 0.783. The number of aromatic amines is 1. The first-order valence-corrected chi connectivity index (χ1v) is 8.92. The number of carbonyl (C=O) groups excluding carboxylic acids is 1. The maximum Gasteiger partial charge on any atom is 0.272 e. The molecule has 3 heterocycles. The van der Waals surface area contributed by atoms with Gasteiger partial charge in [-0.2, -0.15) is 5.10 Å². The molecule has 0 fully saturated rings. The molecule has 26 heavy (non-hydrogen) atoms. The van der Waals surface area contributed by atoms with Crippen LogP contribution in [0.3, 0.4) is 0 Å². The van der Waals surface area contributed by atoms with Crippen LogP contribution in [0.4, 0.5) is 0 Å². The lowest BCUT2D eigenvalue weighted by atomic mass is 10.1. The number of nitrogens with one attached hydrogen (secondary N) is 1. The standard InChI is InChI=1S/C20H22N4O2/c1-3-26-19-9-5-4-7-15(19)16-13-17(22-21-16)20(25)24-12-11-23-10-6-8-18(23)14(24)2/h4-10,13-14H,3,11-12H2,1-2H3,(H,21,22)/t14-/m0/s1. The molecule has 6 heteroatoms. The molecule has 134 valence electrons. The molecule has 1 N–H and O–H groups in total. The van der Waals surface area contributed by atoms with Crippen molar-refractivity contribution in [3.05, 3.63) is 60.0 Å². The van der Waals surface area contributed by atoms with Crippen LogP contribution < -0.4 is 4.74 Å². The Bertz CT molecular complexity index is 927. The molecule has 0 saturated carbocycles. The number of H-pyrrole nitrogens is 1. The molecule has 0 aliphatic carbocycles. The van der Waals surface area contributed by atoms with Crippen molar-refractivity contribution in [2.75, 3.05) is 13.2 Å². The third-order valence-electron chi connectivity index (χ3n) is 4.87. The van der Waals surface area contributed by atoms with Crippen molar-refractivity contribution in [3.63, 3.8) is 0 Å². The van der Waals surface area contributed by atoms with Gasteiger partial charge in [-0.25, -0.2) is 0 Å². The Balaban J connectivity index is 1.60. The summed E-state index contributed by atoms with van der Waals surface area (Å²) in [6.45, 7) is 6.09. The molecule has 0 saturated heterocycles. The fraction of sp³-hybridized carbons (Fsp3) is 0.300. The number of para-hydroxylation sites is 1. The van der Waals surface area contributed by atoms with E-state index in [4.69, 9.17) is 4.74 Å². The zero-order valence-corrected chi connectivity index (χ0v) is 15.0. The summed E-state index contributed by atoms with van der Waals surface area (Å²) in [6, 6.07) is 13.7. The minimum atomic E-state index is -0.0300. The SMILES string of the molecule is CCOc1ccccc1-c1cc(C(=O)N2CCn3cccc3[C@@H]2C)[nH]n1. The van der Waals surface area contributed by atoms with Gasteiger partial charge in [0.15, 0.2) is 0 Å². The third-order valence-corrected chi connectivity index (χ3v) is 4.87. The minimum absolute atomic E-state index is 0.0300. The Labute approximate surface area is 152 Å². The first-order chi connectivity index (χ1) is 12.7. The second kappa shape index (κ2) is 6.71. The van der Waals surface area contributed by atoms with E-state index in [1.165, 1.54) is 0 Å². The molecule has 2 aromatic heterocycles. The van der Waals surface area contributed by atoms with Gasteiger partial charge in [0.25, 0.3) is 5.91 Å². The fourth-order valence-electron chi connectivity index (χ4n) is 3.54. The van der Waals surface area contributed by atoms with Crippen LogP contribution in [0.1, 0.15) is 36.1 Å².